The summed E-state index contributed by atoms with van der Waals surface area (Å²) in [5, 5.41) is 10.2. The van der Waals surface area contributed by atoms with E-state index >= 15 is 0 Å². The average Bonchev–Trinajstić information content (AvgIpc) is 2.95. The summed E-state index contributed by atoms with van der Waals surface area (Å²) in [6, 6.07) is 2.13. The quantitative estimate of drug-likeness (QED) is 0.707. The highest BCUT2D eigenvalue weighted by molar-refractivity contribution is 6.02. The number of rotatable bonds is 3. The Labute approximate surface area is 138 Å². The fourth-order valence-corrected chi connectivity index (χ4v) is 2.64. The second kappa shape index (κ2) is 5.72. The zero-order chi connectivity index (χ0) is 18.4. The smallest absolute Gasteiger partial charge is 0.374 e. The van der Waals surface area contributed by atoms with E-state index in [1.165, 1.54) is 25.5 Å². The maximum atomic E-state index is 13.1. The number of pyridine rings is 2. The number of fused-ring (bicyclic) bond motifs is 3. The van der Waals surface area contributed by atoms with Crippen molar-refractivity contribution in [2.24, 2.45) is 7.05 Å². The Morgan fingerprint density at radius 2 is 2.08 bits per heavy atom. The molecule has 130 valence electrons. The molecule has 7 nitrogen and oxygen atoms in total. The molecule has 10 heteroatoms. The summed E-state index contributed by atoms with van der Waals surface area (Å²) in [5.41, 5.74) is -1.42. The topological polar surface area (TPSA) is 88.6 Å². The minimum Gasteiger partial charge on any atom is -0.374 e. The summed E-state index contributed by atoms with van der Waals surface area (Å²) in [7, 11) is 3.13. The lowest BCUT2D eigenvalue weighted by Crippen LogP contribution is -2.27. The lowest BCUT2D eigenvalue weighted by Gasteiger charge is -2.15. The van der Waals surface area contributed by atoms with Crippen molar-refractivity contribution in [2.45, 2.75) is 6.18 Å². The summed E-state index contributed by atoms with van der Waals surface area (Å²) in [6.45, 7) is 0. The first-order chi connectivity index (χ1) is 11.8. The molecule has 0 unspecified atom stereocenters. The highest BCUT2D eigenvalue weighted by Crippen LogP contribution is 2.30. The van der Waals surface area contributed by atoms with Gasteiger partial charge in [0.25, 0.3) is 5.56 Å². The van der Waals surface area contributed by atoms with E-state index in [4.69, 9.17) is 5.41 Å². The molecule has 0 atom stereocenters. The van der Waals surface area contributed by atoms with Crippen molar-refractivity contribution in [1.29, 1.82) is 5.41 Å². The summed E-state index contributed by atoms with van der Waals surface area (Å²) in [6.07, 6.45) is -1.08. The molecule has 0 bridgehead atoms. The Hall–Kier alpha value is -3.17. The molecule has 3 heterocycles. The molecule has 0 spiro atoms. The number of aromatic nitrogens is 4. The van der Waals surface area contributed by atoms with Crippen LogP contribution >= 0.6 is 0 Å². The van der Waals surface area contributed by atoms with Crippen LogP contribution in [-0.4, -0.2) is 32.4 Å². The van der Waals surface area contributed by atoms with Gasteiger partial charge in [-0.05, 0) is 18.2 Å². The van der Waals surface area contributed by atoms with E-state index in [1.807, 2.05) is 0 Å². The van der Waals surface area contributed by atoms with E-state index in [1.54, 1.807) is 11.6 Å². The predicted octanol–water partition coefficient (Wildman–Crippen LogP) is 1.97. The largest absolute Gasteiger partial charge is 0.433 e. The minimum absolute atomic E-state index is 0.0997. The number of imidazole rings is 1. The van der Waals surface area contributed by atoms with Crippen LogP contribution in [0.25, 0.3) is 27.9 Å². The van der Waals surface area contributed by atoms with E-state index < -0.39 is 17.4 Å². The van der Waals surface area contributed by atoms with Crippen LogP contribution in [0.15, 0.2) is 29.3 Å². The first-order valence-electron chi connectivity index (χ1n) is 7.12. The Kier molecular flexibility index (Phi) is 3.82. The normalized spacial score (nSPS) is 12.8. The molecule has 3 aromatic rings. The summed E-state index contributed by atoms with van der Waals surface area (Å²) < 4.78 is 41.8. The molecule has 0 saturated heterocycles. The number of hydrogen-bond donors (Lipinski definition) is 2. The summed E-state index contributed by atoms with van der Waals surface area (Å²) in [5.74, 6) is 0.115. The van der Waals surface area contributed by atoms with Gasteiger partial charge in [-0.25, -0.2) is 14.5 Å². The number of halogens is 3. The first-order valence-corrected chi connectivity index (χ1v) is 7.12. The fraction of sp³-hybridized carbons (Fsp3) is 0.200. The molecule has 0 radical (unpaired) electrons. The Balaban J connectivity index is 2.57. The van der Waals surface area contributed by atoms with Crippen LogP contribution in [0.2, 0.25) is 0 Å². The number of nitrogens with one attached hydrogen (secondary N) is 2. The number of aryl methyl sites for hydroxylation is 1. The van der Waals surface area contributed by atoms with Gasteiger partial charge in [0.1, 0.15) is 11.5 Å². The lowest BCUT2D eigenvalue weighted by atomic mass is 10.2. The molecular formula is C15H13F3N6O. The average molecular weight is 350 g/mol. The second-order valence-corrected chi connectivity index (χ2v) is 5.23. The van der Waals surface area contributed by atoms with Gasteiger partial charge in [-0.2, -0.15) is 13.2 Å². The van der Waals surface area contributed by atoms with Crippen molar-refractivity contribution in [3.63, 3.8) is 0 Å². The second-order valence-electron chi connectivity index (χ2n) is 5.23. The molecule has 0 aliphatic carbocycles. The van der Waals surface area contributed by atoms with E-state index in [0.29, 0.717) is 10.9 Å². The van der Waals surface area contributed by atoms with Gasteiger partial charge in [-0.15, -0.1) is 0 Å². The molecule has 0 aliphatic heterocycles. The fourth-order valence-electron chi connectivity index (χ4n) is 2.64. The molecule has 0 fully saturated rings. The third-order valence-corrected chi connectivity index (χ3v) is 3.71. The van der Waals surface area contributed by atoms with Crippen LogP contribution in [0.4, 0.5) is 13.2 Å². The van der Waals surface area contributed by atoms with E-state index in [-0.39, 0.29) is 17.0 Å². The SMILES string of the molecule is CN/C(=C\C=N)n1c(=O)c2ncn(C)c2c2ccc(C(F)(F)F)nc21. The zero-order valence-electron chi connectivity index (χ0n) is 13.2. The van der Waals surface area contributed by atoms with Crippen LogP contribution in [0.1, 0.15) is 5.69 Å². The lowest BCUT2D eigenvalue weighted by molar-refractivity contribution is -0.141. The number of hydrogen-bond acceptors (Lipinski definition) is 5. The number of nitrogens with zero attached hydrogens (tertiary/aromatic N) is 4. The highest BCUT2D eigenvalue weighted by atomic mass is 19.4. The summed E-state index contributed by atoms with van der Waals surface area (Å²) in [4.78, 5) is 20.5. The van der Waals surface area contributed by atoms with E-state index in [2.05, 4.69) is 15.3 Å². The van der Waals surface area contributed by atoms with Crippen LogP contribution in [-0.2, 0) is 13.2 Å². The van der Waals surface area contributed by atoms with Crippen molar-refractivity contribution in [1.82, 2.24) is 24.4 Å². The molecule has 25 heavy (non-hydrogen) atoms. The maximum Gasteiger partial charge on any atom is 0.433 e. The Morgan fingerprint density at radius 3 is 2.68 bits per heavy atom. The molecule has 2 N–H and O–H groups in total. The minimum atomic E-state index is -4.65. The third-order valence-electron chi connectivity index (χ3n) is 3.71. The van der Waals surface area contributed by atoms with Crippen LogP contribution in [0.3, 0.4) is 0 Å². The van der Waals surface area contributed by atoms with E-state index in [9.17, 15) is 18.0 Å². The van der Waals surface area contributed by atoms with Gasteiger partial charge in [0.05, 0.1) is 11.8 Å². The van der Waals surface area contributed by atoms with Crippen LogP contribution in [0.5, 0.6) is 0 Å². The zero-order valence-corrected chi connectivity index (χ0v) is 13.2. The first kappa shape index (κ1) is 16.7. The molecule has 0 saturated carbocycles. The Morgan fingerprint density at radius 1 is 1.36 bits per heavy atom. The highest BCUT2D eigenvalue weighted by Gasteiger charge is 2.33. The standard InChI is InChI=1S/C15H13F3N6O/c1-20-10(5-6-19)24-13-8(3-4-9(22-13)15(16,17)18)12-11(14(24)25)21-7-23(12)2/h3-7,19-20H,1-2H3/b10-5+,19-6?. The molecule has 3 rings (SSSR count). The summed E-state index contributed by atoms with van der Waals surface area (Å²) >= 11 is 0. The third kappa shape index (κ3) is 2.55. The van der Waals surface area contributed by atoms with Crippen LogP contribution in [0, 0.1) is 5.41 Å². The molecule has 0 aliphatic rings. The van der Waals surface area contributed by atoms with Gasteiger partial charge < -0.3 is 15.3 Å². The van der Waals surface area contributed by atoms with Crippen LogP contribution < -0.4 is 10.9 Å². The van der Waals surface area contributed by atoms with Gasteiger partial charge in [0.2, 0.25) is 0 Å². The molecular weight excluding hydrogens is 337 g/mol. The number of allylic oxidation sites excluding steroid dienone is 1. The number of alkyl halides is 3. The molecule has 0 aromatic carbocycles. The van der Waals surface area contributed by atoms with Gasteiger partial charge in [-0.1, -0.05) is 0 Å². The van der Waals surface area contributed by atoms with Crippen molar-refractivity contribution < 1.29 is 13.2 Å². The van der Waals surface area contributed by atoms with Gasteiger partial charge in [-0.3, -0.25) is 4.79 Å². The monoisotopic (exact) mass is 350 g/mol. The molecule has 3 aromatic heterocycles. The van der Waals surface area contributed by atoms with E-state index in [0.717, 1.165) is 16.8 Å². The van der Waals surface area contributed by atoms with Gasteiger partial charge in [0, 0.05) is 25.7 Å². The van der Waals surface area contributed by atoms with Crippen molar-refractivity contribution in [2.75, 3.05) is 7.05 Å². The van der Waals surface area contributed by atoms with Crippen molar-refractivity contribution >= 4 is 34.1 Å². The Bertz CT molecular complexity index is 1080. The van der Waals surface area contributed by atoms with Gasteiger partial charge >= 0.3 is 6.18 Å². The maximum absolute atomic E-state index is 13.1. The molecule has 0 amide bonds. The van der Waals surface area contributed by atoms with Gasteiger partial charge in [0.15, 0.2) is 11.2 Å². The van der Waals surface area contributed by atoms with Crippen molar-refractivity contribution in [3.05, 3.63) is 40.6 Å². The predicted molar refractivity (Wildman–Crippen MR) is 87.4 cm³/mol. The van der Waals surface area contributed by atoms with Crippen molar-refractivity contribution in [3.8, 4) is 0 Å².